The van der Waals surface area contributed by atoms with Gasteiger partial charge in [-0.2, -0.15) is 5.26 Å². The molecule has 2 saturated carbocycles. The maximum atomic E-state index is 9.48. The number of aryl methyl sites for hydroxylation is 1. The molecule has 7 rings (SSSR count). The maximum Gasteiger partial charge on any atom is 0.185 e. The molecule has 0 radical (unpaired) electrons. The molecule has 0 aromatic carbocycles. The lowest BCUT2D eigenvalue weighted by atomic mass is 9.68. The van der Waals surface area contributed by atoms with Crippen LogP contribution in [0.3, 0.4) is 0 Å². The van der Waals surface area contributed by atoms with Gasteiger partial charge in [-0.15, -0.1) is 5.10 Å². The van der Waals surface area contributed by atoms with Crippen molar-refractivity contribution in [2.75, 3.05) is 24.6 Å². The number of pyridine rings is 1. The number of anilines is 1. The molecular weight excluding hydrogens is 352 g/mol. The molecule has 2 bridgehead atoms. The van der Waals surface area contributed by atoms with Crippen LogP contribution in [0.4, 0.5) is 5.69 Å². The summed E-state index contributed by atoms with van der Waals surface area (Å²) < 4.78 is 8.16. The van der Waals surface area contributed by atoms with Gasteiger partial charge in [0.2, 0.25) is 0 Å². The van der Waals surface area contributed by atoms with Crippen LogP contribution in [0.15, 0.2) is 12.3 Å². The van der Waals surface area contributed by atoms with Crippen LogP contribution in [0, 0.1) is 30.1 Å². The van der Waals surface area contributed by atoms with Gasteiger partial charge in [0.15, 0.2) is 11.5 Å². The highest BCUT2D eigenvalue weighted by Gasteiger charge is 2.66. The highest BCUT2D eigenvalue weighted by atomic mass is 16.5. The van der Waals surface area contributed by atoms with E-state index in [-0.39, 0.29) is 11.6 Å². The number of nitriles is 1. The summed E-state index contributed by atoms with van der Waals surface area (Å²) in [5, 5.41) is 17.9. The van der Waals surface area contributed by atoms with E-state index in [9.17, 15) is 5.26 Å². The highest BCUT2D eigenvalue weighted by Crippen LogP contribution is 2.56. The molecule has 3 aliphatic heterocycles. The second-order valence-corrected chi connectivity index (χ2v) is 9.41. The molecular formula is C21H26N6O. The Morgan fingerprint density at radius 2 is 2.25 bits per heavy atom. The zero-order valence-electron chi connectivity index (χ0n) is 16.5. The minimum absolute atomic E-state index is 0.145. The fourth-order valence-corrected chi connectivity index (χ4v) is 5.31. The minimum atomic E-state index is -0.474. The SMILES string of the molecule is Cc1cc(N2CCC(C)C2)cn2nc(C34CC(CO3)C4NC3(C#N)CC3)nc12. The molecule has 7 nitrogen and oxygen atoms in total. The van der Waals surface area contributed by atoms with Crippen LogP contribution in [0.25, 0.3) is 5.65 Å². The average molecular weight is 378 g/mol. The smallest absolute Gasteiger partial charge is 0.185 e. The van der Waals surface area contributed by atoms with Crippen molar-refractivity contribution in [1.82, 2.24) is 19.9 Å². The number of fused-ring (bicyclic) bond motifs is 2. The van der Waals surface area contributed by atoms with Crippen LogP contribution in [0.1, 0.15) is 44.0 Å². The van der Waals surface area contributed by atoms with Gasteiger partial charge in [-0.05, 0) is 50.2 Å². The summed E-state index contributed by atoms with van der Waals surface area (Å²) in [6.07, 6.45) is 6.15. The Bertz CT molecular complexity index is 1000. The number of nitrogens with one attached hydrogen (secondary N) is 1. The molecule has 0 amide bonds. The Kier molecular flexibility index (Phi) is 3.27. The number of nitrogens with zero attached hydrogens (tertiary/aromatic N) is 5. The van der Waals surface area contributed by atoms with E-state index < -0.39 is 5.60 Å². The van der Waals surface area contributed by atoms with E-state index in [1.165, 1.54) is 12.1 Å². The third-order valence-corrected chi connectivity index (χ3v) is 7.26. The van der Waals surface area contributed by atoms with E-state index in [0.29, 0.717) is 5.92 Å². The number of aromatic nitrogens is 3. The normalized spacial score (nSPS) is 35.2. The fourth-order valence-electron chi connectivity index (χ4n) is 5.31. The number of ether oxygens (including phenoxy) is 1. The first-order chi connectivity index (χ1) is 13.5. The molecule has 2 aromatic heterocycles. The molecule has 4 atom stereocenters. The van der Waals surface area contributed by atoms with Gasteiger partial charge in [0.25, 0.3) is 0 Å². The molecule has 4 unspecified atom stereocenters. The van der Waals surface area contributed by atoms with Crippen molar-refractivity contribution in [3.63, 3.8) is 0 Å². The van der Waals surface area contributed by atoms with Gasteiger partial charge in [0.05, 0.1) is 24.6 Å². The lowest BCUT2D eigenvalue weighted by molar-refractivity contribution is -0.0445. The Balaban J connectivity index is 1.35. The molecule has 1 N–H and O–H groups in total. The topological polar surface area (TPSA) is 78.5 Å². The summed E-state index contributed by atoms with van der Waals surface area (Å²) in [7, 11) is 0. The molecule has 7 heteroatoms. The number of hydrogen-bond donors (Lipinski definition) is 1. The summed E-state index contributed by atoms with van der Waals surface area (Å²) in [6, 6.07) is 4.82. The van der Waals surface area contributed by atoms with Crippen molar-refractivity contribution in [3.8, 4) is 6.07 Å². The van der Waals surface area contributed by atoms with Crippen LogP contribution >= 0.6 is 0 Å². The van der Waals surface area contributed by atoms with Crippen LogP contribution in [0.5, 0.6) is 0 Å². The summed E-state index contributed by atoms with van der Waals surface area (Å²) >= 11 is 0. The highest BCUT2D eigenvalue weighted by molar-refractivity contribution is 5.57. The van der Waals surface area contributed by atoms with E-state index in [4.69, 9.17) is 14.8 Å². The van der Waals surface area contributed by atoms with E-state index in [1.54, 1.807) is 0 Å². The van der Waals surface area contributed by atoms with Crippen molar-refractivity contribution in [1.29, 1.82) is 5.26 Å². The van der Waals surface area contributed by atoms with Gasteiger partial charge >= 0.3 is 0 Å². The number of rotatable bonds is 4. The summed E-state index contributed by atoms with van der Waals surface area (Å²) in [5.41, 5.74) is 2.44. The van der Waals surface area contributed by atoms with Gasteiger partial charge in [-0.25, -0.2) is 9.50 Å². The first-order valence-corrected chi connectivity index (χ1v) is 10.5. The molecule has 2 aliphatic carbocycles. The molecule has 0 spiro atoms. The first kappa shape index (κ1) is 16.8. The second-order valence-electron chi connectivity index (χ2n) is 9.41. The van der Waals surface area contributed by atoms with Gasteiger partial charge in [-0.1, -0.05) is 6.92 Å². The van der Waals surface area contributed by atoms with Crippen LogP contribution < -0.4 is 10.2 Å². The zero-order chi connectivity index (χ0) is 19.1. The largest absolute Gasteiger partial charge is 0.370 e. The summed E-state index contributed by atoms with van der Waals surface area (Å²) in [4.78, 5) is 7.34. The average Bonchev–Trinajstić information content (AvgIpc) is 3.12. The van der Waals surface area contributed by atoms with Gasteiger partial charge in [0, 0.05) is 25.0 Å². The first-order valence-electron chi connectivity index (χ1n) is 10.5. The van der Waals surface area contributed by atoms with Crippen LogP contribution in [-0.2, 0) is 10.3 Å². The monoisotopic (exact) mass is 378 g/mol. The molecule has 5 heterocycles. The fraction of sp³-hybridized carbons (Fsp3) is 0.667. The van der Waals surface area contributed by atoms with Crippen molar-refractivity contribution in [2.45, 2.75) is 56.7 Å². The third kappa shape index (κ3) is 2.22. The Morgan fingerprint density at radius 1 is 1.39 bits per heavy atom. The van der Waals surface area contributed by atoms with E-state index in [1.807, 2.05) is 4.52 Å². The lowest BCUT2D eigenvalue weighted by Gasteiger charge is -2.44. The predicted molar refractivity (Wildman–Crippen MR) is 104 cm³/mol. The van der Waals surface area contributed by atoms with Crippen molar-refractivity contribution in [3.05, 3.63) is 23.7 Å². The predicted octanol–water partition coefficient (Wildman–Crippen LogP) is 2.14. The standard InChI is InChI=1S/C21H26N6O/c1-13-3-6-26(9-13)16-7-14(2)18-23-19(25-27(18)10-16)21-8-15(11-28-21)17(21)24-20(12-22)4-5-20/h7,10,13,15,17,24H,3-6,8-9,11H2,1-2H3. The Hall–Kier alpha value is -2.17. The molecule has 146 valence electrons. The molecule has 3 saturated heterocycles. The van der Waals surface area contributed by atoms with Crippen molar-refractivity contribution < 1.29 is 4.74 Å². The summed E-state index contributed by atoms with van der Waals surface area (Å²) in [5.74, 6) is 1.96. The van der Waals surface area contributed by atoms with Gasteiger partial charge in [-0.3, -0.25) is 5.32 Å². The van der Waals surface area contributed by atoms with Gasteiger partial charge in [0.1, 0.15) is 11.1 Å². The molecule has 2 aromatic rings. The minimum Gasteiger partial charge on any atom is -0.370 e. The quantitative estimate of drug-likeness (QED) is 0.878. The van der Waals surface area contributed by atoms with Crippen LogP contribution in [-0.4, -0.2) is 45.9 Å². The van der Waals surface area contributed by atoms with E-state index in [0.717, 1.165) is 61.9 Å². The lowest BCUT2D eigenvalue weighted by Crippen LogP contribution is -2.61. The second kappa shape index (κ2) is 5.46. The number of hydrogen-bond acceptors (Lipinski definition) is 6. The third-order valence-electron chi connectivity index (χ3n) is 7.26. The van der Waals surface area contributed by atoms with Gasteiger partial charge < -0.3 is 9.64 Å². The Morgan fingerprint density at radius 3 is 2.93 bits per heavy atom. The van der Waals surface area contributed by atoms with E-state index >= 15 is 0 Å². The van der Waals surface area contributed by atoms with Crippen molar-refractivity contribution >= 4 is 11.3 Å². The molecule has 28 heavy (non-hydrogen) atoms. The van der Waals surface area contributed by atoms with Crippen molar-refractivity contribution in [2.24, 2.45) is 11.8 Å². The maximum absolute atomic E-state index is 9.48. The Labute approximate surface area is 164 Å². The van der Waals surface area contributed by atoms with Crippen LogP contribution in [0.2, 0.25) is 0 Å². The van der Waals surface area contributed by atoms with E-state index in [2.05, 4.69) is 42.4 Å². The summed E-state index contributed by atoms with van der Waals surface area (Å²) in [6.45, 7) is 7.35. The molecule has 5 aliphatic rings. The zero-order valence-corrected chi connectivity index (χ0v) is 16.5. The molecule has 5 fully saturated rings.